The van der Waals surface area contributed by atoms with Crippen LogP contribution in [-0.2, 0) is 19.6 Å². The van der Waals surface area contributed by atoms with E-state index in [1.165, 1.54) is 46.3 Å². The lowest BCUT2D eigenvalue weighted by atomic mass is 9.94. The number of hydrogen-bond donors (Lipinski definition) is 3. The number of amides is 1. The molecule has 0 saturated heterocycles. The summed E-state index contributed by atoms with van der Waals surface area (Å²) in [5.41, 5.74) is -1.10. The molecule has 0 saturated carbocycles. The van der Waals surface area contributed by atoms with Gasteiger partial charge in [-0.2, -0.15) is 0 Å². The number of carbonyl (C=O) groups is 2. The maximum atomic E-state index is 12.3. The van der Waals surface area contributed by atoms with Gasteiger partial charge in [0.15, 0.2) is 11.5 Å². The monoisotopic (exact) mass is 388 g/mol. The molecule has 1 aromatic carbocycles. The summed E-state index contributed by atoms with van der Waals surface area (Å²) < 4.78 is 37.0. The first-order valence-corrected chi connectivity index (χ1v) is 9.23. The molecule has 3 N–H and O–H groups in total. The standard InChI is InChI=1S/C16H24N2O7S/c1-16(2,15(20)21)10-17-14(19)7-8-18-26(22,23)11-5-6-12(24-3)13(9-11)25-4/h5-6,9,18H,7-8,10H2,1-4H3,(H,17,19)(H,20,21). The van der Waals surface area contributed by atoms with Crippen LogP contribution in [0.5, 0.6) is 11.5 Å². The van der Waals surface area contributed by atoms with Crippen molar-refractivity contribution in [3.8, 4) is 11.5 Å². The van der Waals surface area contributed by atoms with Crippen molar-refractivity contribution in [1.29, 1.82) is 0 Å². The second-order valence-electron chi connectivity index (χ2n) is 6.13. The van der Waals surface area contributed by atoms with Gasteiger partial charge in [-0.25, -0.2) is 13.1 Å². The summed E-state index contributed by atoms with van der Waals surface area (Å²) in [6.45, 7) is 2.78. The van der Waals surface area contributed by atoms with Gasteiger partial charge in [0.2, 0.25) is 15.9 Å². The smallest absolute Gasteiger partial charge is 0.310 e. The lowest BCUT2D eigenvalue weighted by molar-refractivity contribution is -0.146. The molecule has 0 heterocycles. The van der Waals surface area contributed by atoms with Gasteiger partial charge in [0.1, 0.15) is 0 Å². The Morgan fingerprint density at radius 3 is 2.31 bits per heavy atom. The van der Waals surface area contributed by atoms with Crippen molar-refractivity contribution in [2.45, 2.75) is 25.2 Å². The molecule has 1 rings (SSSR count). The summed E-state index contributed by atoms with van der Waals surface area (Å²) in [6.07, 6.45) is -0.123. The fraction of sp³-hybridized carbons (Fsp3) is 0.500. The van der Waals surface area contributed by atoms with E-state index in [1.807, 2.05) is 0 Å². The molecule has 0 unspecified atom stereocenters. The van der Waals surface area contributed by atoms with Crippen molar-refractivity contribution in [3.63, 3.8) is 0 Å². The van der Waals surface area contributed by atoms with Crippen LogP contribution in [0.25, 0.3) is 0 Å². The predicted molar refractivity (Wildman–Crippen MR) is 93.8 cm³/mol. The third-order valence-electron chi connectivity index (χ3n) is 3.62. The van der Waals surface area contributed by atoms with E-state index in [1.54, 1.807) is 0 Å². The molecule has 0 aliphatic heterocycles. The van der Waals surface area contributed by atoms with Crippen LogP contribution in [0.2, 0.25) is 0 Å². The molecule has 0 aromatic heterocycles. The van der Waals surface area contributed by atoms with E-state index in [-0.39, 0.29) is 30.2 Å². The quantitative estimate of drug-likeness (QED) is 0.535. The van der Waals surface area contributed by atoms with Gasteiger partial charge >= 0.3 is 5.97 Å². The van der Waals surface area contributed by atoms with Gasteiger partial charge in [-0.3, -0.25) is 9.59 Å². The summed E-state index contributed by atoms with van der Waals surface area (Å²) in [4.78, 5) is 22.7. The minimum atomic E-state index is -3.83. The Labute approximate surface area is 152 Å². The van der Waals surface area contributed by atoms with Gasteiger partial charge in [0, 0.05) is 25.6 Å². The van der Waals surface area contributed by atoms with Gasteiger partial charge in [-0.15, -0.1) is 0 Å². The molecule has 0 aliphatic rings. The normalized spacial score (nSPS) is 11.7. The van der Waals surface area contributed by atoms with E-state index in [9.17, 15) is 18.0 Å². The second-order valence-corrected chi connectivity index (χ2v) is 7.90. The number of hydrogen-bond acceptors (Lipinski definition) is 6. The number of ether oxygens (including phenoxy) is 2. The first-order chi connectivity index (χ1) is 12.0. The molecule has 9 nitrogen and oxygen atoms in total. The zero-order chi connectivity index (χ0) is 20.0. The van der Waals surface area contributed by atoms with Gasteiger partial charge in [0.25, 0.3) is 0 Å². The van der Waals surface area contributed by atoms with Crippen molar-refractivity contribution >= 4 is 21.9 Å². The van der Waals surface area contributed by atoms with Crippen LogP contribution in [0.4, 0.5) is 0 Å². The maximum absolute atomic E-state index is 12.3. The van der Waals surface area contributed by atoms with Crippen LogP contribution < -0.4 is 19.5 Å². The highest BCUT2D eigenvalue weighted by Crippen LogP contribution is 2.29. The third-order valence-corrected chi connectivity index (χ3v) is 5.07. The van der Waals surface area contributed by atoms with Gasteiger partial charge in [-0.05, 0) is 26.0 Å². The topological polar surface area (TPSA) is 131 Å². The number of aliphatic carboxylic acids is 1. The van der Waals surface area contributed by atoms with E-state index in [4.69, 9.17) is 14.6 Å². The second kappa shape index (κ2) is 8.86. The molecular weight excluding hydrogens is 364 g/mol. The summed E-state index contributed by atoms with van der Waals surface area (Å²) >= 11 is 0. The number of sulfonamides is 1. The Balaban J connectivity index is 2.61. The van der Waals surface area contributed by atoms with Crippen molar-refractivity contribution < 1.29 is 32.6 Å². The number of carbonyl (C=O) groups excluding carboxylic acids is 1. The summed E-state index contributed by atoms with van der Waals surface area (Å²) in [7, 11) is -0.997. The fourth-order valence-corrected chi connectivity index (χ4v) is 2.90. The zero-order valence-corrected chi connectivity index (χ0v) is 16.0. The van der Waals surface area contributed by atoms with Crippen LogP contribution in [-0.4, -0.2) is 52.7 Å². The summed E-state index contributed by atoms with van der Waals surface area (Å²) in [5.74, 6) is -0.822. The van der Waals surface area contributed by atoms with Crippen LogP contribution in [0.1, 0.15) is 20.3 Å². The minimum absolute atomic E-state index is 0.0254. The molecule has 0 atom stereocenters. The highest BCUT2D eigenvalue weighted by atomic mass is 32.2. The van der Waals surface area contributed by atoms with Crippen molar-refractivity contribution in [2.75, 3.05) is 27.3 Å². The molecule has 0 fully saturated rings. The van der Waals surface area contributed by atoms with E-state index >= 15 is 0 Å². The first-order valence-electron chi connectivity index (χ1n) is 7.75. The van der Waals surface area contributed by atoms with Gasteiger partial charge < -0.3 is 19.9 Å². The number of benzene rings is 1. The summed E-state index contributed by atoms with van der Waals surface area (Å²) in [6, 6.07) is 4.14. The first kappa shape index (κ1) is 21.7. The number of nitrogens with one attached hydrogen (secondary N) is 2. The largest absolute Gasteiger partial charge is 0.493 e. The highest BCUT2D eigenvalue weighted by molar-refractivity contribution is 7.89. The molecule has 1 amide bonds. The number of carboxylic acid groups (broad SMARTS) is 1. The molecule has 0 aliphatic carbocycles. The van der Waals surface area contributed by atoms with E-state index in [0.717, 1.165) is 0 Å². The Bertz CT molecular complexity index is 760. The molecule has 26 heavy (non-hydrogen) atoms. The highest BCUT2D eigenvalue weighted by Gasteiger charge is 2.27. The molecule has 1 aromatic rings. The SMILES string of the molecule is COc1ccc(S(=O)(=O)NCCC(=O)NCC(C)(C)C(=O)O)cc1OC. The van der Waals surface area contributed by atoms with Crippen molar-refractivity contribution in [3.05, 3.63) is 18.2 Å². The van der Waals surface area contributed by atoms with Crippen LogP contribution in [0, 0.1) is 5.41 Å². The Morgan fingerprint density at radius 1 is 1.15 bits per heavy atom. The number of methoxy groups -OCH3 is 2. The molecule has 10 heteroatoms. The van der Waals surface area contributed by atoms with Gasteiger partial charge in [-0.1, -0.05) is 0 Å². The number of carboxylic acids is 1. The average molecular weight is 388 g/mol. The molecule has 146 valence electrons. The minimum Gasteiger partial charge on any atom is -0.493 e. The molecular formula is C16H24N2O7S. The van der Waals surface area contributed by atoms with Crippen LogP contribution >= 0.6 is 0 Å². The molecule has 0 radical (unpaired) electrons. The Hall–Kier alpha value is -2.33. The van der Waals surface area contributed by atoms with Crippen molar-refractivity contribution in [2.24, 2.45) is 5.41 Å². The van der Waals surface area contributed by atoms with Crippen LogP contribution in [0.3, 0.4) is 0 Å². The Kier molecular flexibility index (Phi) is 7.40. The van der Waals surface area contributed by atoms with Crippen molar-refractivity contribution in [1.82, 2.24) is 10.0 Å². The zero-order valence-electron chi connectivity index (χ0n) is 15.2. The molecule has 0 bridgehead atoms. The van der Waals surface area contributed by atoms with E-state index in [0.29, 0.717) is 5.75 Å². The fourth-order valence-electron chi connectivity index (χ4n) is 1.85. The maximum Gasteiger partial charge on any atom is 0.310 e. The lowest BCUT2D eigenvalue weighted by Gasteiger charge is -2.19. The predicted octanol–water partition coefficient (Wildman–Crippen LogP) is 0.599. The van der Waals surface area contributed by atoms with Crippen LogP contribution in [0.15, 0.2) is 23.1 Å². The van der Waals surface area contributed by atoms with E-state index in [2.05, 4.69) is 10.0 Å². The summed E-state index contributed by atoms with van der Waals surface area (Å²) in [5, 5.41) is 11.5. The Morgan fingerprint density at radius 2 is 1.77 bits per heavy atom. The van der Waals surface area contributed by atoms with E-state index < -0.39 is 27.3 Å². The molecule has 0 spiro atoms. The third kappa shape index (κ3) is 5.88. The van der Waals surface area contributed by atoms with Gasteiger partial charge in [0.05, 0.1) is 24.5 Å². The number of rotatable bonds is 10. The average Bonchev–Trinajstić information content (AvgIpc) is 2.59. The lowest BCUT2D eigenvalue weighted by Crippen LogP contribution is -2.40.